The Morgan fingerprint density at radius 3 is 2.57 bits per heavy atom. The van der Waals surface area contributed by atoms with E-state index in [0.29, 0.717) is 17.9 Å². The standard InChI is InChI=1S/C21H30BrN3O3/c1-28-20(26)9-4-15-2-6-17(7-3-15)24-21(27)16-5-8-19(18(22)14-16)25-12-10-23-11-13-25/h5,8,14-15,17,23H,2-4,6-7,9-13H2,1H3,(H,24,27). The zero-order valence-corrected chi connectivity index (χ0v) is 18.1. The fourth-order valence-corrected chi connectivity index (χ4v) is 4.73. The summed E-state index contributed by atoms with van der Waals surface area (Å²) >= 11 is 3.64. The summed E-state index contributed by atoms with van der Waals surface area (Å²) in [6.45, 7) is 3.92. The Bertz CT molecular complexity index is 683. The molecule has 2 fully saturated rings. The van der Waals surface area contributed by atoms with E-state index in [4.69, 9.17) is 4.74 Å². The highest BCUT2D eigenvalue weighted by atomic mass is 79.9. The van der Waals surface area contributed by atoms with Gasteiger partial charge in [-0.05, 0) is 72.2 Å². The lowest BCUT2D eigenvalue weighted by Gasteiger charge is -2.30. The van der Waals surface area contributed by atoms with Crippen molar-refractivity contribution in [1.29, 1.82) is 0 Å². The summed E-state index contributed by atoms with van der Waals surface area (Å²) in [6.07, 6.45) is 5.41. The molecule has 2 aliphatic rings. The van der Waals surface area contributed by atoms with Crippen LogP contribution < -0.4 is 15.5 Å². The SMILES string of the molecule is COC(=O)CCC1CCC(NC(=O)c2ccc(N3CCNCC3)c(Br)c2)CC1. The first-order chi connectivity index (χ1) is 13.6. The third-order valence-corrected chi connectivity index (χ3v) is 6.47. The van der Waals surface area contributed by atoms with Crippen molar-refractivity contribution in [2.24, 2.45) is 5.92 Å². The molecule has 154 valence electrons. The Kier molecular flexibility index (Phi) is 7.73. The van der Waals surface area contributed by atoms with Gasteiger partial charge < -0.3 is 20.3 Å². The zero-order valence-electron chi connectivity index (χ0n) is 16.5. The van der Waals surface area contributed by atoms with Crippen molar-refractivity contribution in [1.82, 2.24) is 10.6 Å². The molecule has 0 atom stereocenters. The van der Waals surface area contributed by atoms with Crippen LogP contribution in [-0.4, -0.2) is 51.2 Å². The molecule has 28 heavy (non-hydrogen) atoms. The van der Waals surface area contributed by atoms with E-state index in [1.54, 1.807) is 0 Å². The van der Waals surface area contributed by atoms with Gasteiger partial charge >= 0.3 is 5.97 Å². The van der Waals surface area contributed by atoms with Crippen molar-refractivity contribution >= 4 is 33.5 Å². The second-order valence-corrected chi connectivity index (χ2v) is 8.56. The third-order valence-electron chi connectivity index (χ3n) is 5.83. The van der Waals surface area contributed by atoms with E-state index in [2.05, 4.69) is 31.5 Å². The van der Waals surface area contributed by atoms with Crippen LogP contribution >= 0.6 is 15.9 Å². The number of rotatable bonds is 6. The fourth-order valence-electron chi connectivity index (χ4n) is 4.10. The van der Waals surface area contributed by atoms with E-state index in [9.17, 15) is 9.59 Å². The first kappa shape index (κ1) is 21.1. The molecule has 0 bridgehead atoms. The van der Waals surface area contributed by atoms with Gasteiger partial charge in [-0.2, -0.15) is 0 Å². The minimum absolute atomic E-state index is 0.00873. The number of hydrogen-bond acceptors (Lipinski definition) is 5. The topological polar surface area (TPSA) is 70.7 Å². The summed E-state index contributed by atoms with van der Waals surface area (Å²) in [5.74, 6) is 0.413. The maximum atomic E-state index is 12.7. The largest absolute Gasteiger partial charge is 0.469 e. The number of nitrogens with one attached hydrogen (secondary N) is 2. The number of esters is 1. The molecular weight excluding hydrogens is 422 g/mol. The first-order valence-corrected chi connectivity index (χ1v) is 11.0. The Balaban J connectivity index is 1.48. The number of ether oxygens (including phenoxy) is 1. The number of benzene rings is 1. The summed E-state index contributed by atoms with van der Waals surface area (Å²) in [5, 5.41) is 6.54. The molecule has 7 heteroatoms. The number of halogens is 1. The first-order valence-electron chi connectivity index (χ1n) is 10.2. The number of hydrogen-bond donors (Lipinski definition) is 2. The summed E-state index contributed by atoms with van der Waals surface area (Å²) in [5.41, 5.74) is 1.84. The average molecular weight is 452 g/mol. The maximum absolute atomic E-state index is 12.7. The highest BCUT2D eigenvalue weighted by Gasteiger charge is 2.24. The van der Waals surface area contributed by atoms with E-state index < -0.39 is 0 Å². The molecule has 1 aliphatic heterocycles. The molecular formula is C21H30BrN3O3. The lowest BCUT2D eigenvalue weighted by Crippen LogP contribution is -2.43. The molecule has 2 N–H and O–H groups in total. The number of methoxy groups -OCH3 is 1. The van der Waals surface area contributed by atoms with Crippen LogP contribution in [0.4, 0.5) is 5.69 Å². The van der Waals surface area contributed by atoms with E-state index >= 15 is 0 Å². The zero-order chi connectivity index (χ0) is 19.9. The minimum Gasteiger partial charge on any atom is -0.469 e. The summed E-state index contributed by atoms with van der Waals surface area (Å²) in [7, 11) is 1.43. The minimum atomic E-state index is -0.134. The third kappa shape index (κ3) is 5.70. The lowest BCUT2D eigenvalue weighted by molar-refractivity contribution is -0.141. The van der Waals surface area contributed by atoms with Crippen LogP contribution in [0.25, 0.3) is 0 Å². The van der Waals surface area contributed by atoms with E-state index in [-0.39, 0.29) is 17.9 Å². The molecule has 1 saturated heterocycles. The number of anilines is 1. The van der Waals surface area contributed by atoms with Gasteiger partial charge in [0.1, 0.15) is 0 Å². The molecule has 1 amide bonds. The van der Waals surface area contributed by atoms with E-state index in [1.165, 1.54) is 7.11 Å². The molecule has 0 radical (unpaired) electrons. The molecule has 6 nitrogen and oxygen atoms in total. The number of carbonyl (C=O) groups excluding carboxylic acids is 2. The van der Waals surface area contributed by atoms with Gasteiger partial charge in [0.2, 0.25) is 0 Å². The average Bonchev–Trinajstić information content (AvgIpc) is 2.73. The van der Waals surface area contributed by atoms with Crippen molar-refractivity contribution in [3.8, 4) is 0 Å². The van der Waals surface area contributed by atoms with Crippen LogP contribution in [0.1, 0.15) is 48.9 Å². The second-order valence-electron chi connectivity index (χ2n) is 7.71. The second kappa shape index (κ2) is 10.3. The molecule has 3 rings (SSSR count). The van der Waals surface area contributed by atoms with Crippen molar-refractivity contribution in [3.05, 3.63) is 28.2 Å². The van der Waals surface area contributed by atoms with Gasteiger partial charge in [-0.15, -0.1) is 0 Å². The molecule has 0 spiro atoms. The molecule has 1 aromatic rings. The van der Waals surface area contributed by atoms with Crippen molar-refractivity contribution in [2.75, 3.05) is 38.2 Å². The van der Waals surface area contributed by atoms with Gasteiger partial charge in [-0.25, -0.2) is 0 Å². The lowest BCUT2D eigenvalue weighted by atomic mass is 9.83. The summed E-state index contributed by atoms with van der Waals surface area (Å²) < 4.78 is 5.68. The Morgan fingerprint density at radius 2 is 1.93 bits per heavy atom. The quantitative estimate of drug-likeness (QED) is 0.650. The van der Waals surface area contributed by atoms with Gasteiger partial charge in [0.25, 0.3) is 5.91 Å². The normalized spacial score (nSPS) is 22.6. The van der Waals surface area contributed by atoms with Crippen LogP contribution in [0.5, 0.6) is 0 Å². The molecule has 0 aromatic heterocycles. The predicted octanol–water partition coefficient (Wildman–Crippen LogP) is 3.10. The molecule has 1 aliphatic carbocycles. The molecule has 1 saturated carbocycles. The Hall–Kier alpha value is -1.60. The van der Waals surface area contributed by atoms with Crippen molar-refractivity contribution in [2.45, 2.75) is 44.6 Å². The Morgan fingerprint density at radius 1 is 1.21 bits per heavy atom. The number of piperazine rings is 1. The van der Waals surface area contributed by atoms with Crippen LogP contribution in [0, 0.1) is 5.92 Å². The van der Waals surface area contributed by atoms with Gasteiger partial charge in [-0.1, -0.05) is 0 Å². The smallest absolute Gasteiger partial charge is 0.305 e. The monoisotopic (exact) mass is 451 g/mol. The molecule has 1 heterocycles. The number of carbonyl (C=O) groups is 2. The van der Waals surface area contributed by atoms with Gasteiger partial charge in [-0.3, -0.25) is 9.59 Å². The van der Waals surface area contributed by atoms with E-state index in [0.717, 1.165) is 68.4 Å². The molecule has 0 unspecified atom stereocenters. The van der Waals surface area contributed by atoms with Crippen molar-refractivity contribution < 1.29 is 14.3 Å². The van der Waals surface area contributed by atoms with Crippen LogP contribution in [0.3, 0.4) is 0 Å². The molecule has 1 aromatic carbocycles. The highest BCUT2D eigenvalue weighted by molar-refractivity contribution is 9.10. The Labute approximate surface area is 175 Å². The van der Waals surface area contributed by atoms with Gasteiger partial charge in [0.15, 0.2) is 0 Å². The summed E-state index contributed by atoms with van der Waals surface area (Å²) in [4.78, 5) is 26.3. The van der Waals surface area contributed by atoms with Crippen molar-refractivity contribution in [3.63, 3.8) is 0 Å². The van der Waals surface area contributed by atoms with Crippen LogP contribution in [0.2, 0.25) is 0 Å². The van der Waals surface area contributed by atoms with Crippen LogP contribution in [-0.2, 0) is 9.53 Å². The fraction of sp³-hybridized carbons (Fsp3) is 0.619. The maximum Gasteiger partial charge on any atom is 0.305 e. The number of nitrogens with zero attached hydrogens (tertiary/aromatic N) is 1. The van der Waals surface area contributed by atoms with Crippen LogP contribution in [0.15, 0.2) is 22.7 Å². The van der Waals surface area contributed by atoms with E-state index in [1.807, 2.05) is 18.2 Å². The highest BCUT2D eigenvalue weighted by Crippen LogP contribution is 2.30. The summed E-state index contributed by atoms with van der Waals surface area (Å²) in [6, 6.07) is 6.09. The predicted molar refractivity (Wildman–Crippen MR) is 114 cm³/mol. The van der Waals surface area contributed by atoms with Gasteiger partial charge in [0, 0.05) is 48.7 Å². The number of amides is 1. The van der Waals surface area contributed by atoms with Gasteiger partial charge in [0.05, 0.1) is 12.8 Å².